The largest absolute Gasteiger partial charge is 0.508 e. The van der Waals surface area contributed by atoms with Gasteiger partial charge in [0.2, 0.25) is 0 Å². The zero-order chi connectivity index (χ0) is 14.6. The zero-order valence-corrected chi connectivity index (χ0v) is 10.9. The van der Waals surface area contributed by atoms with E-state index in [1.165, 1.54) is 17.0 Å². The number of phenols is 2. The molecule has 2 N–H and O–H groups in total. The molecule has 0 aliphatic rings. The van der Waals surface area contributed by atoms with Crippen molar-refractivity contribution in [3.8, 4) is 11.5 Å². The normalized spacial score (nSPS) is 13.8. The second kappa shape index (κ2) is 6.14. The Bertz CT molecular complexity index is 401. The minimum absolute atomic E-state index is 0.162. The van der Waals surface area contributed by atoms with Gasteiger partial charge in [0.15, 0.2) is 0 Å². The third-order valence-electron chi connectivity index (χ3n) is 2.85. The molecule has 0 saturated heterocycles. The molecule has 0 saturated carbocycles. The molecule has 0 amide bonds. The topological polar surface area (TPSA) is 43.7 Å². The molecule has 0 heterocycles. The van der Waals surface area contributed by atoms with E-state index in [0.717, 1.165) is 6.07 Å². The zero-order valence-electron chi connectivity index (χ0n) is 10.9. The van der Waals surface area contributed by atoms with Crippen molar-refractivity contribution in [1.82, 2.24) is 4.90 Å². The second-order valence-electron chi connectivity index (χ2n) is 4.54. The lowest BCUT2D eigenvalue weighted by Crippen LogP contribution is -2.36. The Balaban J connectivity index is 2.94. The lowest BCUT2D eigenvalue weighted by Gasteiger charge is -2.30. The van der Waals surface area contributed by atoms with Crippen LogP contribution in [0.25, 0.3) is 0 Å². The summed E-state index contributed by atoms with van der Waals surface area (Å²) in [6, 6.07) is 3.33. The Morgan fingerprint density at radius 3 is 2.11 bits per heavy atom. The van der Waals surface area contributed by atoms with Gasteiger partial charge in [-0.25, -0.2) is 0 Å². The molecule has 0 spiro atoms. The molecule has 1 unspecified atom stereocenters. The lowest BCUT2D eigenvalue weighted by molar-refractivity contribution is -0.150. The summed E-state index contributed by atoms with van der Waals surface area (Å²) in [5.41, 5.74) is 0.454. The van der Waals surface area contributed by atoms with Gasteiger partial charge in [-0.2, -0.15) is 13.2 Å². The van der Waals surface area contributed by atoms with Crippen LogP contribution in [-0.4, -0.2) is 34.4 Å². The fourth-order valence-corrected chi connectivity index (χ4v) is 2.00. The van der Waals surface area contributed by atoms with Crippen molar-refractivity contribution in [3.05, 3.63) is 23.8 Å². The summed E-state index contributed by atoms with van der Waals surface area (Å²) in [6.45, 7) is 2.70. The van der Waals surface area contributed by atoms with E-state index >= 15 is 0 Å². The minimum atomic E-state index is -4.28. The van der Waals surface area contributed by atoms with Crippen LogP contribution in [0.1, 0.15) is 31.9 Å². The van der Waals surface area contributed by atoms with Crippen LogP contribution < -0.4 is 0 Å². The van der Waals surface area contributed by atoms with E-state index in [2.05, 4.69) is 0 Å². The molecule has 108 valence electrons. The van der Waals surface area contributed by atoms with Gasteiger partial charge in [0.25, 0.3) is 0 Å². The minimum Gasteiger partial charge on any atom is -0.508 e. The number of hydrogen-bond acceptors (Lipinski definition) is 3. The highest BCUT2D eigenvalue weighted by Gasteiger charge is 2.32. The average Bonchev–Trinajstić information content (AvgIpc) is 2.24. The summed E-state index contributed by atoms with van der Waals surface area (Å²) in [5.74, 6) is -0.324. The fourth-order valence-electron chi connectivity index (χ4n) is 2.00. The van der Waals surface area contributed by atoms with Crippen molar-refractivity contribution >= 4 is 0 Å². The van der Waals surface area contributed by atoms with Gasteiger partial charge in [-0.1, -0.05) is 6.92 Å². The van der Waals surface area contributed by atoms with Crippen LogP contribution in [0.4, 0.5) is 13.2 Å². The molecular weight excluding hydrogens is 259 g/mol. The van der Waals surface area contributed by atoms with Gasteiger partial charge >= 0.3 is 6.18 Å². The predicted molar refractivity (Wildman–Crippen MR) is 66.1 cm³/mol. The molecule has 1 atom stereocenters. The van der Waals surface area contributed by atoms with Crippen LogP contribution in [0, 0.1) is 0 Å². The number of aromatic hydroxyl groups is 2. The molecule has 0 aliphatic heterocycles. The van der Waals surface area contributed by atoms with Gasteiger partial charge in [0, 0.05) is 12.1 Å². The molecule has 0 aromatic heterocycles. The molecule has 1 rings (SSSR count). The van der Waals surface area contributed by atoms with Crippen LogP contribution in [0.2, 0.25) is 0 Å². The first-order valence-corrected chi connectivity index (χ1v) is 6.06. The van der Waals surface area contributed by atoms with Gasteiger partial charge in [-0.05, 0) is 37.6 Å². The third kappa shape index (κ3) is 4.98. The molecule has 0 radical (unpaired) electrons. The summed E-state index contributed by atoms with van der Waals surface area (Å²) in [5, 5.41) is 18.8. The smallest absolute Gasteiger partial charge is 0.401 e. The predicted octanol–water partition coefficient (Wildman–Crippen LogP) is 3.43. The third-order valence-corrected chi connectivity index (χ3v) is 2.85. The van der Waals surface area contributed by atoms with Crippen LogP contribution in [0.15, 0.2) is 18.2 Å². The van der Waals surface area contributed by atoms with Crippen LogP contribution in [0.3, 0.4) is 0 Å². The number of rotatable bonds is 5. The molecule has 0 bridgehead atoms. The van der Waals surface area contributed by atoms with Gasteiger partial charge in [-0.3, -0.25) is 4.90 Å². The second-order valence-corrected chi connectivity index (χ2v) is 4.54. The molecule has 1 aromatic carbocycles. The van der Waals surface area contributed by atoms with E-state index in [4.69, 9.17) is 0 Å². The standard InChI is InChI=1S/C13H18F3NO2/c1-3-4-17(8-13(14,15)16)9(2)10-5-11(18)7-12(19)6-10/h5-7,9,18-19H,3-4,8H2,1-2H3. The van der Waals surface area contributed by atoms with E-state index in [1.807, 2.05) is 0 Å². The number of hydrogen-bond donors (Lipinski definition) is 2. The van der Waals surface area contributed by atoms with Gasteiger partial charge < -0.3 is 10.2 Å². The maximum atomic E-state index is 12.5. The fraction of sp³-hybridized carbons (Fsp3) is 0.538. The van der Waals surface area contributed by atoms with Crippen LogP contribution in [0.5, 0.6) is 11.5 Å². The Kier molecular flexibility index (Phi) is 5.05. The van der Waals surface area contributed by atoms with E-state index < -0.39 is 18.8 Å². The monoisotopic (exact) mass is 277 g/mol. The number of phenolic OH excluding ortho intramolecular Hbond substituents is 2. The summed E-state index contributed by atoms with van der Waals surface area (Å²) < 4.78 is 37.6. The molecule has 0 aliphatic carbocycles. The molecule has 3 nitrogen and oxygen atoms in total. The first kappa shape index (κ1) is 15.6. The number of nitrogens with zero attached hydrogens (tertiary/aromatic N) is 1. The van der Waals surface area contributed by atoms with Crippen molar-refractivity contribution in [1.29, 1.82) is 0 Å². The Hall–Kier alpha value is -1.43. The SMILES string of the molecule is CCCN(CC(F)(F)F)C(C)c1cc(O)cc(O)c1. The Labute approximate surface area is 110 Å². The van der Waals surface area contributed by atoms with Crippen LogP contribution in [-0.2, 0) is 0 Å². The van der Waals surface area contributed by atoms with E-state index in [-0.39, 0.29) is 18.0 Å². The number of benzene rings is 1. The summed E-state index contributed by atoms with van der Waals surface area (Å²) in [6.07, 6.45) is -3.69. The van der Waals surface area contributed by atoms with E-state index in [0.29, 0.717) is 12.0 Å². The van der Waals surface area contributed by atoms with Crippen molar-refractivity contribution in [2.75, 3.05) is 13.1 Å². The highest BCUT2D eigenvalue weighted by atomic mass is 19.4. The Morgan fingerprint density at radius 1 is 1.16 bits per heavy atom. The first-order valence-electron chi connectivity index (χ1n) is 6.06. The summed E-state index contributed by atoms with van der Waals surface area (Å²) in [7, 11) is 0. The van der Waals surface area contributed by atoms with Crippen molar-refractivity contribution in [3.63, 3.8) is 0 Å². The lowest BCUT2D eigenvalue weighted by atomic mass is 10.1. The molecule has 19 heavy (non-hydrogen) atoms. The Morgan fingerprint density at radius 2 is 1.68 bits per heavy atom. The van der Waals surface area contributed by atoms with Crippen LogP contribution >= 0.6 is 0 Å². The van der Waals surface area contributed by atoms with Crippen molar-refractivity contribution in [2.45, 2.75) is 32.5 Å². The summed E-state index contributed by atoms with van der Waals surface area (Å²) >= 11 is 0. The quantitative estimate of drug-likeness (QED) is 0.866. The first-order chi connectivity index (χ1) is 8.73. The number of alkyl halides is 3. The highest BCUT2D eigenvalue weighted by Crippen LogP contribution is 2.30. The van der Waals surface area contributed by atoms with Crippen molar-refractivity contribution < 1.29 is 23.4 Å². The maximum absolute atomic E-state index is 12.5. The molecular formula is C13H18F3NO2. The average molecular weight is 277 g/mol. The van der Waals surface area contributed by atoms with Gasteiger partial charge in [0.1, 0.15) is 11.5 Å². The molecule has 1 aromatic rings. The highest BCUT2D eigenvalue weighted by molar-refractivity contribution is 5.38. The maximum Gasteiger partial charge on any atom is 0.401 e. The summed E-state index contributed by atoms with van der Waals surface area (Å²) in [4.78, 5) is 1.27. The number of halogens is 3. The van der Waals surface area contributed by atoms with Gasteiger partial charge in [0.05, 0.1) is 6.54 Å². The van der Waals surface area contributed by atoms with Crippen molar-refractivity contribution in [2.24, 2.45) is 0 Å². The molecule has 6 heteroatoms. The molecule has 0 fully saturated rings. The van der Waals surface area contributed by atoms with E-state index in [1.54, 1.807) is 13.8 Å². The van der Waals surface area contributed by atoms with E-state index in [9.17, 15) is 23.4 Å². The van der Waals surface area contributed by atoms with Gasteiger partial charge in [-0.15, -0.1) is 0 Å².